The van der Waals surface area contributed by atoms with Crippen molar-refractivity contribution in [2.24, 2.45) is 0 Å². The summed E-state index contributed by atoms with van der Waals surface area (Å²) in [6, 6.07) is 11.6. The van der Waals surface area contributed by atoms with Crippen molar-refractivity contribution in [2.75, 3.05) is 0 Å². The minimum atomic E-state index is 0. The van der Waals surface area contributed by atoms with Gasteiger partial charge in [-0.25, -0.2) is 9.97 Å². The Hall–Kier alpha value is -1.43. The van der Waals surface area contributed by atoms with E-state index in [1.165, 1.54) is 0 Å². The van der Waals surface area contributed by atoms with Crippen LogP contribution in [0, 0.1) is 0 Å². The fourth-order valence-electron chi connectivity index (χ4n) is 1.53. The molecule has 0 radical (unpaired) electrons. The Morgan fingerprint density at radius 2 is 1.75 bits per heavy atom. The van der Waals surface area contributed by atoms with Gasteiger partial charge in [-0.3, -0.25) is 0 Å². The number of pyridine rings is 1. The molecule has 0 saturated heterocycles. The van der Waals surface area contributed by atoms with Gasteiger partial charge in [-0.05, 0) is 12.1 Å². The first-order valence-electron chi connectivity index (χ1n) is 4.75. The van der Waals surface area contributed by atoms with E-state index < -0.39 is 0 Å². The summed E-state index contributed by atoms with van der Waals surface area (Å²) < 4.78 is 5.63. The molecule has 3 nitrogen and oxygen atoms in total. The topological polar surface area (TPSA) is 40.2 Å². The minimum Gasteiger partial charge on any atom is -1.00 e. The molecule has 0 unspecified atom stereocenters. The number of hydrogen-bond acceptors (Lipinski definition) is 2. The number of benzene rings is 1. The number of rotatable bonds is 1. The number of hydrogen-bond donors (Lipinski definition) is 0. The molecular formula is C12H9IN2O. The minimum absolute atomic E-state index is 0. The van der Waals surface area contributed by atoms with Crippen LogP contribution in [0.15, 0.2) is 53.2 Å². The van der Waals surface area contributed by atoms with Crippen molar-refractivity contribution in [3.63, 3.8) is 0 Å². The van der Waals surface area contributed by atoms with Gasteiger partial charge in [-0.15, -0.1) is 0 Å². The predicted molar refractivity (Wildman–Crippen MR) is 56.0 cm³/mol. The van der Waals surface area contributed by atoms with E-state index in [4.69, 9.17) is 4.42 Å². The van der Waals surface area contributed by atoms with Crippen LogP contribution in [0.25, 0.3) is 22.6 Å². The van der Waals surface area contributed by atoms with Crippen LogP contribution in [0.1, 0.15) is 0 Å². The summed E-state index contributed by atoms with van der Waals surface area (Å²) in [6.45, 7) is 0. The molecule has 4 heteroatoms. The molecule has 2 aromatic heterocycles. The maximum absolute atomic E-state index is 5.63. The zero-order chi connectivity index (χ0) is 10.1. The first-order chi connectivity index (χ1) is 7.43. The highest BCUT2D eigenvalue weighted by atomic mass is 127. The highest BCUT2D eigenvalue weighted by Crippen LogP contribution is 2.22. The van der Waals surface area contributed by atoms with E-state index in [1.807, 2.05) is 48.8 Å². The molecule has 16 heavy (non-hydrogen) atoms. The number of oxazole rings is 1. The van der Waals surface area contributed by atoms with Gasteiger partial charge < -0.3 is 28.4 Å². The van der Waals surface area contributed by atoms with Gasteiger partial charge in [0.15, 0.2) is 18.0 Å². The van der Waals surface area contributed by atoms with Crippen molar-refractivity contribution in [3.05, 3.63) is 48.8 Å². The number of para-hydroxylation sites is 2. The zero-order valence-electron chi connectivity index (χ0n) is 8.35. The first-order valence-corrected chi connectivity index (χ1v) is 4.75. The van der Waals surface area contributed by atoms with Crippen LogP contribution in [-0.2, 0) is 0 Å². The lowest BCUT2D eigenvalue weighted by molar-refractivity contribution is -0.377. The molecule has 80 valence electrons. The lowest BCUT2D eigenvalue weighted by atomic mass is 10.3. The summed E-state index contributed by atoms with van der Waals surface area (Å²) in [7, 11) is 0. The summed E-state index contributed by atoms with van der Waals surface area (Å²) in [5.74, 6) is 0.658. The number of H-pyrrole nitrogens is 1. The monoisotopic (exact) mass is 324 g/mol. The summed E-state index contributed by atoms with van der Waals surface area (Å²) in [4.78, 5) is 7.37. The number of fused-ring (bicyclic) bond motifs is 1. The first kappa shape index (κ1) is 11.1. The molecule has 0 aliphatic carbocycles. The quantitative estimate of drug-likeness (QED) is 0.556. The normalized spacial score (nSPS) is 10.0. The average Bonchev–Trinajstić information content (AvgIpc) is 2.74. The Morgan fingerprint density at radius 1 is 1.00 bits per heavy atom. The van der Waals surface area contributed by atoms with E-state index in [0.29, 0.717) is 5.89 Å². The van der Waals surface area contributed by atoms with Crippen molar-refractivity contribution in [1.82, 2.24) is 4.98 Å². The van der Waals surface area contributed by atoms with Crippen molar-refractivity contribution in [2.45, 2.75) is 0 Å². The SMILES string of the molecule is [I-].c1ccc2oc(-c3cc[nH+]cc3)nc2c1. The smallest absolute Gasteiger partial charge is 0.227 e. The Morgan fingerprint density at radius 3 is 2.50 bits per heavy atom. The van der Waals surface area contributed by atoms with Crippen LogP contribution in [0.3, 0.4) is 0 Å². The second-order valence-electron chi connectivity index (χ2n) is 3.28. The van der Waals surface area contributed by atoms with Gasteiger partial charge in [0.2, 0.25) is 5.89 Å². The number of nitrogens with zero attached hydrogens (tertiary/aromatic N) is 1. The number of aromatic nitrogens is 2. The fraction of sp³-hybridized carbons (Fsp3) is 0. The lowest BCUT2D eigenvalue weighted by Crippen LogP contribution is -3.00. The molecule has 1 aromatic carbocycles. The summed E-state index contributed by atoms with van der Waals surface area (Å²) in [6.07, 6.45) is 3.70. The number of halogens is 1. The second kappa shape index (κ2) is 4.61. The number of aromatic amines is 1. The van der Waals surface area contributed by atoms with Gasteiger partial charge >= 0.3 is 0 Å². The van der Waals surface area contributed by atoms with Crippen molar-refractivity contribution >= 4 is 11.1 Å². The largest absolute Gasteiger partial charge is 1.00 e. The van der Waals surface area contributed by atoms with Crippen molar-refractivity contribution in [1.29, 1.82) is 0 Å². The summed E-state index contributed by atoms with van der Waals surface area (Å²) >= 11 is 0. The van der Waals surface area contributed by atoms with Crippen molar-refractivity contribution < 1.29 is 33.4 Å². The molecule has 0 fully saturated rings. The molecule has 0 aliphatic rings. The highest BCUT2D eigenvalue weighted by Gasteiger charge is 2.07. The third kappa shape index (κ3) is 1.92. The molecule has 0 spiro atoms. The molecule has 0 bridgehead atoms. The van der Waals surface area contributed by atoms with Crippen LogP contribution in [0.2, 0.25) is 0 Å². The van der Waals surface area contributed by atoms with Crippen LogP contribution >= 0.6 is 0 Å². The predicted octanol–water partition coefficient (Wildman–Crippen LogP) is -0.687. The fourth-order valence-corrected chi connectivity index (χ4v) is 1.53. The van der Waals surface area contributed by atoms with Gasteiger partial charge in [0.05, 0.1) is 0 Å². The molecular weight excluding hydrogens is 315 g/mol. The summed E-state index contributed by atoms with van der Waals surface area (Å²) in [5, 5.41) is 0. The van der Waals surface area contributed by atoms with Gasteiger partial charge in [0.25, 0.3) is 0 Å². The Labute approximate surface area is 110 Å². The molecule has 1 N–H and O–H groups in total. The number of nitrogens with one attached hydrogen (secondary N) is 1. The molecule has 0 amide bonds. The third-order valence-electron chi connectivity index (χ3n) is 2.26. The maximum Gasteiger partial charge on any atom is 0.227 e. The highest BCUT2D eigenvalue weighted by molar-refractivity contribution is 5.75. The molecule has 0 aliphatic heterocycles. The van der Waals surface area contributed by atoms with Crippen molar-refractivity contribution in [3.8, 4) is 11.5 Å². The Bertz CT molecular complexity index is 559. The Kier molecular flexibility index (Phi) is 3.19. The molecule has 0 atom stereocenters. The maximum atomic E-state index is 5.63. The van der Waals surface area contributed by atoms with E-state index in [2.05, 4.69) is 9.97 Å². The Balaban J connectivity index is 0.000000963. The molecule has 3 rings (SSSR count). The van der Waals surface area contributed by atoms with Crippen LogP contribution in [0.4, 0.5) is 0 Å². The summed E-state index contributed by atoms with van der Waals surface area (Å²) in [5.41, 5.74) is 2.69. The van der Waals surface area contributed by atoms with Crippen LogP contribution < -0.4 is 29.0 Å². The molecule has 3 aromatic rings. The molecule has 0 saturated carbocycles. The van der Waals surface area contributed by atoms with Crippen LogP contribution in [0.5, 0.6) is 0 Å². The van der Waals surface area contributed by atoms with Gasteiger partial charge in [-0.1, -0.05) is 12.1 Å². The van der Waals surface area contributed by atoms with Gasteiger partial charge in [-0.2, -0.15) is 0 Å². The van der Waals surface area contributed by atoms with Gasteiger partial charge in [0, 0.05) is 17.7 Å². The lowest BCUT2D eigenvalue weighted by Gasteiger charge is -1.88. The van der Waals surface area contributed by atoms with Gasteiger partial charge in [0.1, 0.15) is 5.52 Å². The van der Waals surface area contributed by atoms with E-state index >= 15 is 0 Å². The standard InChI is InChI=1S/C12H8N2O.HI/c1-2-4-11-10(3-1)14-12(15-11)9-5-7-13-8-6-9;/h1-8H;1H. The van der Waals surface area contributed by atoms with E-state index in [9.17, 15) is 0 Å². The van der Waals surface area contributed by atoms with E-state index in [-0.39, 0.29) is 24.0 Å². The third-order valence-corrected chi connectivity index (χ3v) is 2.26. The van der Waals surface area contributed by atoms with E-state index in [0.717, 1.165) is 16.7 Å². The average molecular weight is 324 g/mol. The van der Waals surface area contributed by atoms with Crippen LogP contribution in [-0.4, -0.2) is 4.98 Å². The zero-order valence-corrected chi connectivity index (χ0v) is 10.5. The second-order valence-corrected chi connectivity index (χ2v) is 3.28. The van der Waals surface area contributed by atoms with E-state index in [1.54, 1.807) is 0 Å². The molecule has 2 heterocycles.